The first-order valence-corrected chi connectivity index (χ1v) is 19.3. The molecule has 2 fully saturated rings. The molecule has 6 rings (SSSR count). The number of aromatic nitrogens is 4. The van der Waals surface area contributed by atoms with Crippen molar-refractivity contribution in [3.05, 3.63) is 72.6 Å². The molecule has 2 aliphatic rings. The topological polar surface area (TPSA) is 185 Å². The molecule has 0 aliphatic carbocycles. The second kappa shape index (κ2) is 16.9. The second-order valence-corrected chi connectivity index (χ2v) is 14.9. The standard InChI is InChI=1S/C41H53N9O5/c1-6-48(7-2)34(22-35(42)51)39(52)49-20-8-10-32(49)37-43-23-30(45-37)28-16-12-26(13-17-28)27-14-18-29(19-15-27)31-24-44-38(46-31)33-11-9-21-50(33)40(53)36(25(3)4)47(5)41(54)55/h12-19,23-25,32-34,36H,6-11,20-22H2,1-5H3,(H2,42,51)(H,43,45)(H,44,46)(H,54,55)/t32-,33-,34+,36-/m0/s1. The van der Waals surface area contributed by atoms with Crippen LogP contribution in [0.15, 0.2) is 60.9 Å². The Kier molecular flexibility index (Phi) is 12.0. The van der Waals surface area contributed by atoms with Crippen molar-refractivity contribution >= 4 is 23.8 Å². The lowest BCUT2D eigenvalue weighted by Gasteiger charge is -2.33. The van der Waals surface area contributed by atoms with Crippen LogP contribution in [0.4, 0.5) is 4.79 Å². The van der Waals surface area contributed by atoms with Crippen molar-refractivity contribution in [1.82, 2.24) is 39.5 Å². The van der Waals surface area contributed by atoms with Crippen molar-refractivity contribution in [2.75, 3.05) is 33.2 Å². The molecule has 4 amide bonds. The third-order valence-corrected chi connectivity index (χ3v) is 11.2. The number of aromatic amines is 2. The molecule has 4 aromatic rings. The van der Waals surface area contributed by atoms with Gasteiger partial charge in [-0.25, -0.2) is 14.8 Å². The van der Waals surface area contributed by atoms with E-state index in [1.165, 1.54) is 7.05 Å². The van der Waals surface area contributed by atoms with E-state index in [9.17, 15) is 24.3 Å². The second-order valence-electron chi connectivity index (χ2n) is 14.9. The van der Waals surface area contributed by atoms with Crippen LogP contribution in [0.5, 0.6) is 0 Å². The summed E-state index contributed by atoms with van der Waals surface area (Å²) in [4.78, 5) is 73.9. The zero-order valence-electron chi connectivity index (χ0n) is 32.4. The van der Waals surface area contributed by atoms with Crippen LogP contribution in [0.2, 0.25) is 0 Å². The molecule has 0 radical (unpaired) electrons. The number of carbonyl (C=O) groups is 4. The lowest BCUT2D eigenvalue weighted by molar-refractivity contribution is -0.140. The maximum atomic E-state index is 13.7. The summed E-state index contributed by atoms with van der Waals surface area (Å²) in [6.45, 7) is 10.2. The van der Waals surface area contributed by atoms with Gasteiger partial charge in [0.2, 0.25) is 17.7 Å². The Hall–Kier alpha value is -5.50. The van der Waals surface area contributed by atoms with Crippen LogP contribution in [0, 0.1) is 5.92 Å². The van der Waals surface area contributed by atoms with Gasteiger partial charge in [0.1, 0.15) is 17.7 Å². The van der Waals surface area contributed by atoms with Gasteiger partial charge in [-0.15, -0.1) is 0 Å². The Morgan fingerprint density at radius 2 is 1.22 bits per heavy atom. The molecule has 0 unspecified atom stereocenters. The van der Waals surface area contributed by atoms with Gasteiger partial charge in [-0.2, -0.15) is 0 Å². The maximum Gasteiger partial charge on any atom is 0.407 e. The third-order valence-electron chi connectivity index (χ3n) is 11.2. The van der Waals surface area contributed by atoms with Gasteiger partial charge in [-0.1, -0.05) is 76.2 Å². The molecule has 0 saturated carbocycles. The molecule has 2 aromatic heterocycles. The summed E-state index contributed by atoms with van der Waals surface area (Å²) < 4.78 is 0. The smallest absolute Gasteiger partial charge is 0.407 e. The number of nitrogens with two attached hydrogens (primary N) is 1. The number of benzene rings is 2. The van der Waals surface area contributed by atoms with Crippen molar-refractivity contribution in [2.24, 2.45) is 11.7 Å². The number of primary amides is 1. The van der Waals surface area contributed by atoms with Crippen LogP contribution in [0.3, 0.4) is 0 Å². The highest BCUT2D eigenvalue weighted by Gasteiger charge is 2.40. The fourth-order valence-electron chi connectivity index (χ4n) is 8.23. The molecule has 292 valence electrons. The van der Waals surface area contributed by atoms with E-state index in [2.05, 4.69) is 51.4 Å². The van der Waals surface area contributed by atoms with Crippen molar-refractivity contribution in [3.8, 4) is 33.6 Å². The summed E-state index contributed by atoms with van der Waals surface area (Å²) in [5.41, 5.74) is 11.3. The number of hydrogen-bond acceptors (Lipinski definition) is 7. The van der Waals surface area contributed by atoms with Crippen LogP contribution in [-0.2, 0) is 14.4 Å². The largest absolute Gasteiger partial charge is 0.465 e. The molecule has 55 heavy (non-hydrogen) atoms. The zero-order valence-corrected chi connectivity index (χ0v) is 32.4. The molecule has 14 heteroatoms. The third kappa shape index (κ3) is 8.29. The predicted octanol–water partition coefficient (Wildman–Crippen LogP) is 5.68. The number of likely N-dealkylation sites (N-methyl/N-ethyl adjacent to an activating group) is 2. The van der Waals surface area contributed by atoms with Crippen molar-refractivity contribution < 1.29 is 24.3 Å². The Bertz CT molecular complexity index is 1970. The Morgan fingerprint density at radius 3 is 1.62 bits per heavy atom. The Labute approximate surface area is 322 Å². The monoisotopic (exact) mass is 751 g/mol. The van der Waals surface area contributed by atoms with E-state index in [1.807, 2.05) is 55.8 Å². The molecule has 4 heterocycles. The Morgan fingerprint density at radius 1 is 0.782 bits per heavy atom. The molecule has 5 N–H and O–H groups in total. The van der Waals surface area contributed by atoms with E-state index < -0.39 is 24.1 Å². The highest BCUT2D eigenvalue weighted by atomic mass is 16.4. The van der Waals surface area contributed by atoms with E-state index in [4.69, 9.17) is 10.7 Å². The summed E-state index contributed by atoms with van der Waals surface area (Å²) in [5.74, 6) is 0.495. The van der Waals surface area contributed by atoms with Gasteiger partial charge in [0.05, 0.1) is 48.3 Å². The van der Waals surface area contributed by atoms with Gasteiger partial charge in [-0.3, -0.25) is 24.2 Å². The van der Waals surface area contributed by atoms with Gasteiger partial charge in [0, 0.05) is 20.1 Å². The Balaban J connectivity index is 1.12. The molecule has 0 bridgehead atoms. The summed E-state index contributed by atoms with van der Waals surface area (Å²) in [6.07, 6.45) is 5.68. The molecule has 2 aromatic carbocycles. The van der Waals surface area contributed by atoms with E-state index in [-0.39, 0.29) is 36.2 Å². The van der Waals surface area contributed by atoms with Crippen LogP contribution in [0.1, 0.15) is 83.5 Å². The lowest BCUT2D eigenvalue weighted by Crippen LogP contribution is -2.51. The number of rotatable bonds is 14. The van der Waals surface area contributed by atoms with Gasteiger partial charge in [0.25, 0.3) is 0 Å². The number of H-pyrrole nitrogens is 2. The first-order chi connectivity index (χ1) is 26.4. The maximum absolute atomic E-state index is 13.7. The van der Waals surface area contributed by atoms with E-state index in [1.54, 1.807) is 11.1 Å². The average Bonchev–Trinajstić information content (AvgIpc) is 4.01. The summed E-state index contributed by atoms with van der Waals surface area (Å²) in [5, 5.41) is 9.58. The summed E-state index contributed by atoms with van der Waals surface area (Å²) in [7, 11) is 1.45. The quantitative estimate of drug-likeness (QED) is 0.127. The minimum absolute atomic E-state index is 0.00903. The first-order valence-electron chi connectivity index (χ1n) is 19.3. The fraction of sp³-hybridized carbons (Fsp3) is 0.463. The minimum atomic E-state index is -1.12. The van der Waals surface area contributed by atoms with Crippen LogP contribution in [-0.4, -0.2) is 114 Å². The van der Waals surface area contributed by atoms with Crippen molar-refractivity contribution in [3.63, 3.8) is 0 Å². The SMILES string of the molecule is CCN(CC)[C@H](CC(N)=O)C(=O)N1CCC[C@H]1c1ncc(-c2ccc(-c3ccc(-c4cnc([C@@H]5CCCN5C(=O)[C@H](C(C)C)N(C)C(=O)O)[nH]4)cc3)cc2)[nH]1. The predicted molar refractivity (Wildman–Crippen MR) is 209 cm³/mol. The zero-order chi connectivity index (χ0) is 39.4. The highest BCUT2D eigenvalue weighted by Crippen LogP contribution is 2.35. The summed E-state index contributed by atoms with van der Waals surface area (Å²) in [6, 6.07) is 14.7. The molecule has 14 nitrogen and oxygen atoms in total. The number of nitrogens with one attached hydrogen (secondary N) is 2. The molecule has 2 aliphatic heterocycles. The number of carbonyl (C=O) groups excluding carboxylic acids is 3. The number of likely N-dealkylation sites (tertiary alicyclic amines) is 2. The molecular formula is C41H53N9O5. The fourth-order valence-corrected chi connectivity index (χ4v) is 8.23. The van der Waals surface area contributed by atoms with Gasteiger partial charge >= 0.3 is 6.09 Å². The first kappa shape index (κ1) is 39.2. The number of nitrogens with zero attached hydrogens (tertiary/aromatic N) is 6. The van der Waals surface area contributed by atoms with Gasteiger partial charge < -0.3 is 30.6 Å². The van der Waals surface area contributed by atoms with Gasteiger partial charge in [-0.05, 0) is 66.9 Å². The molecular weight excluding hydrogens is 699 g/mol. The van der Waals surface area contributed by atoms with Crippen LogP contribution in [0.25, 0.3) is 33.6 Å². The van der Waals surface area contributed by atoms with Crippen molar-refractivity contribution in [2.45, 2.75) is 84.0 Å². The molecule has 4 atom stereocenters. The summed E-state index contributed by atoms with van der Waals surface area (Å²) >= 11 is 0. The van der Waals surface area contributed by atoms with E-state index in [0.29, 0.717) is 32.0 Å². The van der Waals surface area contributed by atoms with Gasteiger partial charge in [0.15, 0.2) is 0 Å². The number of imidazole rings is 2. The van der Waals surface area contributed by atoms with Crippen LogP contribution < -0.4 is 5.73 Å². The minimum Gasteiger partial charge on any atom is -0.465 e. The van der Waals surface area contributed by atoms with Crippen molar-refractivity contribution in [1.29, 1.82) is 0 Å². The number of amides is 4. The molecule has 0 spiro atoms. The normalized spacial score (nSPS) is 18.2. The molecule has 2 saturated heterocycles. The highest BCUT2D eigenvalue weighted by molar-refractivity contribution is 5.88. The van der Waals surface area contributed by atoms with E-state index >= 15 is 0 Å². The average molecular weight is 752 g/mol. The van der Waals surface area contributed by atoms with E-state index in [0.717, 1.165) is 70.0 Å². The van der Waals surface area contributed by atoms with Crippen LogP contribution >= 0.6 is 0 Å². The lowest BCUT2D eigenvalue weighted by atomic mass is 10.0. The number of carboxylic acid groups (broad SMARTS) is 1. The number of hydrogen-bond donors (Lipinski definition) is 4.